The van der Waals surface area contributed by atoms with E-state index in [-0.39, 0.29) is 56.5 Å². The minimum atomic E-state index is -3.98. The zero-order chi connectivity index (χ0) is 72.9. The number of ether oxygens (including phenoxy) is 7. The van der Waals surface area contributed by atoms with Gasteiger partial charge in [0, 0.05) is 64.3 Å². The number of fused-ring (bicyclic) bond motifs is 8. The number of aromatic nitrogens is 2. The molecule has 6 fully saturated rings. The molecule has 2 aromatic heterocycles. The highest BCUT2D eigenvalue weighted by Gasteiger charge is 2.64. The number of rotatable bonds is 19. The second-order valence-corrected chi connectivity index (χ2v) is 34.7. The summed E-state index contributed by atoms with van der Waals surface area (Å²) in [4.78, 5) is 111. The third kappa shape index (κ3) is 16.1. The summed E-state index contributed by atoms with van der Waals surface area (Å²) >= 11 is 0. The van der Waals surface area contributed by atoms with Crippen molar-refractivity contribution in [3.63, 3.8) is 0 Å². The Bertz CT molecular complexity index is 4090. The Hall–Kier alpha value is -7.82. The van der Waals surface area contributed by atoms with Gasteiger partial charge in [-0.1, -0.05) is 43.9 Å². The smallest absolute Gasteiger partial charge is 0.328 e. The van der Waals surface area contributed by atoms with Crippen molar-refractivity contribution in [2.45, 2.75) is 266 Å². The second-order valence-electron chi connectivity index (χ2n) is 32.5. The molecule has 2 aromatic carbocycles. The summed E-state index contributed by atoms with van der Waals surface area (Å²) < 4.78 is 69.4. The molecule has 4 aromatic rings. The van der Waals surface area contributed by atoms with E-state index < -0.39 is 102 Å². The maximum Gasteiger partial charge on any atom is 0.328 e. The van der Waals surface area contributed by atoms with Crippen LogP contribution in [-0.2, 0) is 70.6 Å². The molecule has 4 aliphatic carbocycles. The average molecular weight is 1430 g/mol. The summed E-state index contributed by atoms with van der Waals surface area (Å²) in [6.07, 6.45) is 21.4. The Morgan fingerprint density at radius 2 is 1.33 bits per heavy atom. The van der Waals surface area contributed by atoms with Crippen LogP contribution in [0.4, 0.5) is 0 Å². The monoisotopic (exact) mass is 1420 g/mol. The summed E-state index contributed by atoms with van der Waals surface area (Å²) in [5.74, 6) is -1.45. The van der Waals surface area contributed by atoms with Gasteiger partial charge in [0.15, 0.2) is 0 Å². The number of nitrogens with one attached hydrogen (secondary N) is 2. The topological polar surface area (TPSA) is 275 Å². The predicted molar refractivity (Wildman–Crippen MR) is 383 cm³/mol. The van der Waals surface area contributed by atoms with Crippen molar-refractivity contribution in [2.75, 3.05) is 34.4 Å². The molecule has 4 saturated carbocycles. The molecule has 4 amide bonds. The van der Waals surface area contributed by atoms with Crippen LogP contribution in [0.3, 0.4) is 0 Å². The lowest BCUT2D eigenvalue weighted by molar-refractivity contribution is -0.160. The summed E-state index contributed by atoms with van der Waals surface area (Å²) in [6.45, 7) is 16.6. The zero-order valence-electron chi connectivity index (χ0n) is 61.3. The molecule has 8 atom stereocenters. The number of carbonyl (C=O) groups excluding carboxylic acids is 7. The summed E-state index contributed by atoms with van der Waals surface area (Å²) in [6, 6.07) is 9.93. The molecule has 23 heteroatoms. The van der Waals surface area contributed by atoms with Gasteiger partial charge in [-0.05, 0) is 194 Å². The van der Waals surface area contributed by atoms with Crippen LogP contribution in [0.25, 0.3) is 21.8 Å². The standard InChI is InChI=1S/C43H56N4O9S.C36H48N2O7/c1-40(2,3)55-34(48)21-27-11-9-7-6-8-10-12-28-23-43(28,39(51)46-57(52,53)41(4)19-20-41)45-37(49)33-24-42(25-47(33)38(27)50)18-17-30-31-22-29(54-5)15-16-32(31)44-35(26-13-14-26)36(30)56-42;1-7-8-9-10-11-12-24(19-30(39)44-35(2,3)4)33(40)38-22-36(21-29(38)34(41)43-6)18-17-26-27-20-25(42-5)15-16-28(27)37-31(23-13-14-23)32(26)45-36/h10,12,15-16,22,26-28,33H,6-9,11,13-14,17-21,23-25H2,1-5H3,(H,45,49)(H,46,51);7,15-16,20,23-24,29H,1,8-14,17-19,21-22H2,2-6H3/b12-10-;/t27-,28-,33+,42+,43-;24-,29+,36+/m11/s1. The summed E-state index contributed by atoms with van der Waals surface area (Å²) in [5.41, 5.74) is 1.16. The van der Waals surface area contributed by atoms with E-state index >= 15 is 0 Å². The fraction of sp³-hybridized carbons (Fsp3) is 0.633. The Balaban J connectivity index is 0.000000198. The highest BCUT2D eigenvalue weighted by Crippen LogP contribution is 2.55. The van der Waals surface area contributed by atoms with Gasteiger partial charge < -0.3 is 48.3 Å². The molecule has 102 heavy (non-hydrogen) atoms. The van der Waals surface area contributed by atoms with Gasteiger partial charge in [-0.2, -0.15) is 0 Å². The molecule has 0 unspecified atom stereocenters. The van der Waals surface area contributed by atoms with Crippen LogP contribution in [0.2, 0.25) is 0 Å². The van der Waals surface area contributed by atoms with Gasteiger partial charge in [-0.15, -0.1) is 6.58 Å². The number of allylic oxidation sites excluding steroid dienone is 2. The number of hydrogen-bond donors (Lipinski definition) is 2. The number of aryl methyl sites for hydroxylation is 2. The van der Waals surface area contributed by atoms with Gasteiger partial charge >= 0.3 is 17.9 Å². The number of carbonyl (C=O) groups is 7. The van der Waals surface area contributed by atoms with Crippen molar-refractivity contribution >= 4 is 73.4 Å². The average Bonchev–Trinajstić information content (AvgIpc) is 1.57. The summed E-state index contributed by atoms with van der Waals surface area (Å²) in [7, 11) is 0.644. The first-order valence-corrected chi connectivity index (χ1v) is 38.6. The van der Waals surface area contributed by atoms with E-state index in [1.54, 1.807) is 51.7 Å². The van der Waals surface area contributed by atoms with Crippen LogP contribution >= 0.6 is 0 Å². The van der Waals surface area contributed by atoms with E-state index in [4.69, 9.17) is 43.1 Å². The number of likely N-dealkylation sites (tertiary alicyclic amines) is 1. The lowest BCUT2D eigenvalue weighted by atomic mass is 9.86. The predicted octanol–water partition coefficient (Wildman–Crippen LogP) is 12.0. The fourth-order valence-corrected chi connectivity index (χ4v) is 17.1. The molecule has 552 valence electrons. The number of methoxy groups -OCH3 is 3. The molecule has 0 radical (unpaired) electrons. The van der Waals surface area contributed by atoms with Gasteiger partial charge in [-0.25, -0.2) is 23.2 Å². The molecule has 22 nitrogen and oxygen atoms in total. The third-order valence-corrected chi connectivity index (χ3v) is 24.3. The molecule has 2 N–H and O–H groups in total. The fourth-order valence-electron chi connectivity index (χ4n) is 15.8. The van der Waals surface area contributed by atoms with E-state index in [0.29, 0.717) is 75.2 Å². The van der Waals surface area contributed by atoms with Crippen molar-refractivity contribution in [2.24, 2.45) is 17.8 Å². The van der Waals surface area contributed by atoms with Gasteiger partial charge in [-0.3, -0.25) is 33.5 Å². The number of unbranched alkanes of at least 4 members (excludes halogenated alkanes) is 3. The second kappa shape index (κ2) is 29.0. The van der Waals surface area contributed by atoms with Crippen molar-refractivity contribution in [3.8, 4) is 23.0 Å². The van der Waals surface area contributed by atoms with Gasteiger partial charge in [0.1, 0.15) is 63.0 Å². The van der Waals surface area contributed by atoms with E-state index in [1.807, 2.05) is 75.4 Å². The van der Waals surface area contributed by atoms with Gasteiger partial charge in [0.25, 0.3) is 5.91 Å². The van der Waals surface area contributed by atoms with E-state index in [0.717, 1.165) is 133 Å². The number of amides is 4. The number of hydrogen-bond acceptors (Lipinski definition) is 18. The Morgan fingerprint density at radius 3 is 1.88 bits per heavy atom. The highest BCUT2D eigenvalue weighted by molar-refractivity contribution is 7.91. The SMILES string of the molecule is C=CCCCCC[C@H](CC(=O)OC(C)(C)C)C(=O)N1C[C@]2(CCc3c(c(C4CC4)nc4ccc(OC)cc34)O2)C[C@H]1C(=O)OC.COc1ccc2nc(C3CC3)c3c(c2c1)CC[C@@]1(C[C@H]2C(=O)N[C@]4(C(=O)NS(=O)(=O)C5(C)CC5)C[C@H]4/C=C\CCCCC[C@H](CC(=O)OC(C)(C)C)C(=O)N2C1)O3. The maximum absolute atomic E-state index is 14.9. The minimum Gasteiger partial charge on any atom is -0.497 e. The van der Waals surface area contributed by atoms with Crippen LogP contribution in [0.1, 0.15) is 230 Å². The highest BCUT2D eigenvalue weighted by atomic mass is 32.2. The normalized spacial score (nSPS) is 26.5. The quantitative estimate of drug-likeness (QED) is 0.0382. The van der Waals surface area contributed by atoms with Crippen molar-refractivity contribution in [3.05, 3.63) is 83.7 Å². The Labute approximate surface area is 599 Å². The Morgan fingerprint density at radius 1 is 0.745 bits per heavy atom. The molecule has 0 bridgehead atoms. The van der Waals surface area contributed by atoms with Gasteiger partial charge in [0.05, 0.1) is 74.4 Å². The van der Waals surface area contributed by atoms with Crippen molar-refractivity contribution in [1.29, 1.82) is 0 Å². The molecule has 5 aliphatic heterocycles. The van der Waals surface area contributed by atoms with Crippen LogP contribution in [-0.4, -0.2) is 149 Å². The molecule has 7 heterocycles. The number of esters is 3. The zero-order valence-corrected chi connectivity index (χ0v) is 62.1. The Kier molecular flexibility index (Phi) is 21.0. The molecule has 2 saturated heterocycles. The minimum absolute atomic E-state index is 0.0395. The molecule has 9 aliphatic rings. The number of benzene rings is 2. The van der Waals surface area contributed by atoms with Crippen molar-refractivity contribution < 1.29 is 75.1 Å². The summed E-state index contributed by atoms with van der Waals surface area (Å²) in [5, 5.41) is 4.94. The van der Waals surface area contributed by atoms with Crippen LogP contribution in [0, 0.1) is 17.8 Å². The maximum atomic E-state index is 14.9. The van der Waals surface area contributed by atoms with Crippen LogP contribution < -0.4 is 29.0 Å². The molecular formula is C79H104N6O16S. The van der Waals surface area contributed by atoms with Crippen LogP contribution in [0.5, 0.6) is 23.0 Å². The van der Waals surface area contributed by atoms with E-state index in [1.165, 1.54) is 7.11 Å². The molecular weight excluding hydrogens is 1320 g/mol. The lowest BCUT2D eigenvalue weighted by Crippen LogP contribution is -2.57. The number of pyridine rings is 2. The van der Waals surface area contributed by atoms with Crippen molar-refractivity contribution in [1.82, 2.24) is 29.8 Å². The first-order valence-electron chi connectivity index (χ1n) is 37.1. The third-order valence-electron chi connectivity index (χ3n) is 22.1. The molecule has 13 rings (SSSR count). The van der Waals surface area contributed by atoms with E-state index in [9.17, 15) is 42.0 Å². The number of sulfonamides is 1. The first kappa shape index (κ1) is 73.9. The lowest BCUT2D eigenvalue weighted by Gasteiger charge is -2.37. The van der Waals surface area contributed by atoms with Gasteiger partial charge in [0.2, 0.25) is 27.7 Å². The molecule has 2 spiro atoms. The number of nitrogens with zero attached hydrogens (tertiary/aromatic N) is 4. The van der Waals surface area contributed by atoms with E-state index in [2.05, 4.69) is 16.6 Å². The first-order chi connectivity index (χ1) is 48.4. The largest absolute Gasteiger partial charge is 0.497 e. The van der Waals surface area contributed by atoms with Crippen LogP contribution in [0.15, 0.2) is 61.2 Å².